The molecule has 1 aliphatic rings. The SMILES string of the molecule is C[C@@H](c1nnc(SCC(=O)N2CC(=O)Nc3ccccc32)n1Cc1ccccc1)N(C)C. The molecule has 1 aromatic heterocycles. The second kappa shape index (κ2) is 9.54. The van der Waals surface area contributed by atoms with E-state index in [9.17, 15) is 9.59 Å². The first kappa shape index (κ1) is 22.0. The zero-order chi connectivity index (χ0) is 22.7. The zero-order valence-electron chi connectivity index (χ0n) is 18.4. The first-order chi connectivity index (χ1) is 15.4. The van der Waals surface area contributed by atoms with Crippen LogP contribution in [0, 0.1) is 0 Å². The highest BCUT2D eigenvalue weighted by molar-refractivity contribution is 7.99. The molecule has 1 atom stereocenters. The molecule has 0 bridgehead atoms. The van der Waals surface area contributed by atoms with Crippen LogP contribution >= 0.6 is 11.8 Å². The third-order valence-corrected chi connectivity index (χ3v) is 6.43. The van der Waals surface area contributed by atoms with Crippen molar-refractivity contribution in [1.82, 2.24) is 19.7 Å². The predicted octanol–water partition coefficient (Wildman–Crippen LogP) is 3.03. The maximum atomic E-state index is 13.1. The van der Waals surface area contributed by atoms with Crippen molar-refractivity contribution >= 4 is 35.0 Å². The Kier molecular flexibility index (Phi) is 6.57. The van der Waals surface area contributed by atoms with E-state index in [1.807, 2.05) is 50.5 Å². The van der Waals surface area contributed by atoms with Crippen LogP contribution in [0.2, 0.25) is 0 Å². The van der Waals surface area contributed by atoms with E-state index in [0.717, 1.165) is 11.4 Å². The number of carbonyl (C=O) groups is 2. The van der Waals surface area contributed by atoms with Crippen LogP contribution in [-0.2, 0) is 16.1 Å². The van der Waals surface area contributed by atoms with E-state index >= 15 is 0 Å². The Morgan fingerprint density at radius 1 is 1.12 bits per heavy atom. The fourth-order valence-electron chi connectivity index (χ4n) is 3.52. The lowest BCUT2D eigenvalue weighted by molar-refractivity contribution is -0.120. The van der Waals surface area contributed by atoms with E-state index in [2.05, 4.69) is 44.0 Å². The predicted molar refractivity (Wildman–Crippen MR) is 126 cm³/mol. The summed E-state index contributed by atoms with van der Waals surface area (Å²) in [5.74, 6) is 0.659. The first-order valence-electron chi connectivity index (χ1n) is 10.4. The molecule has 2 amide bonds. The summed E-state index contributed by atoms with van der Waals surface area (Å²) in [6, 6.07) is 17.5. The summed E-state index contributed by atoms with van der Waals surface area (Å²) in [5.41, 5.74) is 2.50. The molecular weight excluding hydrogens is 424 g/mol. The number of hydrogen-bond acceptors (Lipinski definition) is 6. The molecule has 9 heteroatoms. The first-order valence-corrected chi connectivity index (χ1v) is 11.4. The molecule has 0 saturated heterocycles. The van der Waals surface area contributed by atoms with Crippen LogP contribution in [0.4, 0.5) is 11.4 Å². The Bertz CT molecular complexity index is 1110. The van der Waals surface area contributed by atoms with Gasteiger partial charge in [0.25, 0.3) is 0 Å². The van der Waals surface area contributed by atoms with Crippen molar-refractivity contribution in [2.45, 2.75) is 24.7 Å². The number of fused-ring (bicyclic) bond motifs is 1. The maximum Gasteiger partial charge on any atom is 0.244 e. The van der Waals surface area contributed by atoms with E-state index in [0.29, 0.717) is 23.1 Å². The summed E-state index contributed by atoms with van der Waals surface area (Å²) in [6.07, 6.45) is 0. The second-order valence-corrected chi connectivity index (χ2v) is 8.83. The van der Waals surface area contributed by atoms with Crippen LogP contribution in [0.5, 0.6) is 0 Å². The zero-order valence-corrected chi connectivity index (χ0v) is 19.2. The normalized spacial score (nSPS) is 14.2. The number of rotatable bonds is 7. The number of aromatic nitrogens is 3. The third-order valence-electron chi connectivity index (χ3n) is 5.47. The van der Waals surface area contributed by atoms with Crippen molar-refractivity contribution in [2.75, 3.05) is 36.6 Å². The molecule has 2 aromatic carbocycles. The van der Waals surface area contributed by atoms with Crippen molar-refractivity contribution in [1.29, 1.82) is 0 Å². The van der Waals surface area contributed by atoms with Gasteiger partial charge in [0.1, 0.15) is 6.54 Å². The molecule has 2 heterocycles. The van der Waals surface area contributed by atoms with Crippen LogP contribution in [0.1, 0.15) is 24.4 Å². The highest BCUT2D eigenvalue weighted by Crippen LogP contribution is 2.30. The van der Waals surface area contributed by atoms with E-state index in [1.54, 1.807) is 6.07 Å². The van der Waals surface area contributed by atoms with Crippen LogP contribution in [0.15, 0.2) is 59.8 Å². The Morgan fingerprint density at radius 3 is 2.59 bits per heavy atom. The molecule has 0 saturated carbocycles. The summed E-state index contributed by atoms with van der Waals surface area (Å²) in [6.45, 7) is 2.71. The lowest BCUT2D eigenvalue weighted by Gasteiger charge is -2.29. The Morgan fingerprint density at radius 2 is 1.84 bits per heavy atom. The lowest BCUT2D eigenvalue weighted by atomic mass is 10.2. The van der Waals surface area contributed by atoms with Gasteiger partial charge in [-0.2, -0.15) is 0 Å². The Balaban J connectivity index is 1.55. The van der Waals surface area contributed by atoms with Crippen molar-refractivity contribution in [3.63, 3.8) is 0 Å². The molecule has 3 aromatic rings. The van der Waals surface area contributed by atoms with Gasteiger partial charge in [-0.05, 0) is 38.7 Å². The van der Waals surface area contributed by atoms with Crippen molar-refractivity contribution in [3.05, 3.63) is 66.0 Å². The van der Waals surface area contributed by atoms with Crippen molar-refractivity contribution in [2.24, 2.45) is 0 Å². The van der Waals surface area contributed by atoms with Gasteiger partial charge in [-0.25, -0.2) is 0 Å². The maximum absolute atomic E-state index is 13.1. The summed E-state index contributed by atoms with van der Waals surface area (Å²) in [4.78, 5) is 28.7. The highest BCUT2D eigenvalue weighted by Gasteiger charge is 2.27. The number of para-hydroxylation sites is 2. The largest absolute Gasteiger partial charge is 0.323 e. The summed E-state index contributed by atoms with van der Waals surface area (Å²) in [7, 11) is 4.00. The fourth-order valence-corrected chi connectivity index (χ4v) is 4.34. The van der Waals surface area contributed by atoms with Gasteiger partial charge in [0, 0.05) is 0 Å². The van der Waals surface area contributed by atoms with Crippen LogP contribution in [0.3, 0.4) is 0 Å². The number of nitrogens with one attached hydrogen (secondary N) is 1. The van der Waals surface area contributed by atoms with Gasteiger partial charge in [-0.1, -0.05) is 54.2 Å². The number of hydrogen-bond donors (Lipinski definition) is 1. The summed E-state index contributed by atoms with van der Waals surface area (Å²) < 4.78 is 2.06. The monoisotopic (exact) mass is 450 g/mol. The third kappa shape index (κ3) is 4.68. The molecule has 0 spiro atoms. The Hall–Kier alpha value is -3.17. The number of amides is 2. The molecule has 8 nitrogen and oxygen atoms in total. The molecule has 0 unspecified atom stereocenters. The molecular formula is C23H26N6O2S. The fraction of sp³-hybridized carbons (Fsp3) is 0.304. The van der Waals surface area contributed by atoms with E-state index < -0.39 is 0 Å². The van der Waals surface area contributed by atoms with Crippen LogP contribution < -0.4 is 10.2 Å². The molecule has 1 aliphatic heterocycles. The molecule has 4 rings (SSSR count). The Labute approximate surface area is 191 Å². The van der Waals surface area contributed by atoms with Gasteiger partial charge in [0.2, 0.25) is 11.8 Å². The smallest absolute Gasteiger partial charge is 0.244 e. The van der Waals surface area contributed by atoms with Gasteiger partial charge in [-0.15, -0.1) is 10.2 Å². The minimum atomic E-state index is -0.198. The summed E-state index contributed by atoms with van der Waals surface area (Å²) in [5, 5.41) is 12.3. The second-order valence-electron chi connectivity index (χ2n) is 7.89. The van der Waals surface area contributed by atoms with Crippen LogP contribution in [-0.4, -0.2) is 57.9 Å². The van der Waals surface area contributed by atoms with E-state index in [-0.39, 0.29) is 30.2 Å². The highest BCUT2D eigenvalue weighted by atomic mass is 32.2. The number of nitrogens with zero attached hydrogens (tertiary/aromatic N) is 5. The standard InChI is InChI=1S/C23H26N6O2S/c1-16(27(2)3)22-25-26-23(29(22)13-17-9-5-4-6-10-17)32-15-21(31)28-14-20(30)24-18-11-7-8-12-19(18)28/h4-12,16H,13-15H2,1-3H3,(H,24,30)/t16-/m0/s1. The van der Waals surface area contributed by atoms with E-state index in [1.165, 1.54) is 16.7 Å². The topological polar surface area (TPSA) is 83.4 Å². The minimum absolute atomic E-state index is 0.00995. The number of carbonyl (C=O) groups excluding carboxylic acids is 2. The van der Waals surface area contributed by atoms with Crippen molar-refractivity contribution in [3.8, 4) is 0 Å². The molecule has 0 fully saturated rings. The molecule has 0 radical (unpaired) electrons. The molecule has 166 valence electrons. The summed E-state index contributed by atoms with van der Waals surface area (Å²) >= 11 is 1.34. The van der Waals surface area contributed by atoms with Gasteiger partial charge in [0.15, 0.2) is 11.0 Å². The number of benzene rings is 2. The average Bonchev–Trinajstić information content (AvgIpc) is 3.19. The van der Waals surface area contributed by atoms with E-state index in [4.69, 9.17) is 0 Å². The number of anilines is 2. The molecule has 0 aliphatic carbocycles. The van der Waals surface area contributed by atoms with Gasteiger partial charge >= 0.3 is 0 Å². The van der Waals surface area contributed by atoms with Gasteiger partial charge < -0.3 is 14.8 Å². The van der Waals surface area contributed by atoms with Crippen molar-refractivity contribution < 1.29 is 9.59 Å². The number of thioether (sulfide) groups is 1. The molecule has 1 N–H and O–H groups in total. The van der Waals surface area contributed by atoms with Crippen LogP contribution in [0.25, 0.3) is 0 Å². The van der Waals surface area contributed by atoms with Gasteiger partial charge in [-0.3, -0.25) is 14.5 Å². The quantitative estimate of drug-likeness (QED) is 0.557. The lowest BCUT2D eigenvalue weighted by Crippen LogP contribution is -2.43. The average molecular weight is 451 g/mol. The van der Waals surface area contributed by atoms with Gasteiger partial charge in [0.05, 0.1) is 29.7 Å². The minimum Gasteiger partial charge on any atom is -0.323 e. The molecule has 32 heavy (non-hydrogen) atoms.